The highest BCUT2D eigenvalue weighted by Crippen LogP contribution is 2.19. The number of Topliss-reactive ketones (excluding diaryl/α,β-unsaturated/α-hetero) is 2. The maximum absolute atomic E-state index is 12.4. The summed E-state index contributed by atoms with van der Waals surface area (Å²) >= 11 is 0. The molecule has 0 spiro atoms. The van der Waals surface area contributed by atoms with Crippen LogP contribution in [0.1, 0.15) is 51.3 Å². The van der Waals surface area contributed by atoms with Crippen LogP contribution in [0.3, 0.4) is 0 Å². The Morgan fingerprint density at radius 1 is 1.17 bits per heavy atom. The van der Waals surface area contributed by atoms with Gasteiger partial charge in [0.1, 0.15) is 5.82 Å². The monoisotopic (exact) mass is 409 g/mol. The van der Waals surface area contributed by atoms with Crippen molar-refractivity contribution in [1.29, 1.82) is 0 Å². The Bertz CT molecular complexity index is 1220. The van der Waals surface area contributed by atoms with Gasteiger partial charge < -0.3 is 9.72 Å². The van der Waals surface area contributed by atoms with E-state index in [2.05, 4.69) is 9.97 Å². The average molecular weight is 409 g/mol. The molecule has 0 aliphatic heterocycles. The Kier molecular flexibility index (Phi) is 5.96. The van der Waals surface area contributed by atoms with Crippen molar-refractivity contribution in [2.45, 2.75) is 33.6 Å². The lowest BCUT2D eigenvalue weighted by Crippen LogP contribution is -2.23. The molecule has 1 aromatic carbocycles. The lowest BCUT2D eigenvalue weighted by molar-refractivity contribution is -0.142. The molecular formula is C22H23N3O5. The zero-order valence-electron chi connectivity index (χ0n) is 17.4. The predicted octanol–water partition coefficient (Wildman–Crippen LogP) is 2.44. The fourth-order valence-electron chi connectivity index (χ4n) is 3.55. The third-order valence-electron chi connectivity index (χ3n) is 5.06. The minimum absolute atomic E-state index is 0.0205. The molecule has 0 bridgehead atoms. The number of aromatic amines is 1. The number of nitrogens with zero attached hydrogens (tertiary/aromatic N) is 2. The van der Waals surface area contributed by atoms with E-state index in [1.807, 2.05) is 0 Å². The Balaban J connectivity index is 1.63. The third kappa shape index (κ3) is 4.07. The van der Waals surface area contributed by atoms with E-state index in [4.69, 9.17) is 4.74 Å². The van der Waals surface area contributed by atoms with Crippen LogP contribution in [0.5, 0.6) is 0 Å². The van der Waals surface area contributed by atoms with E-state index in [-0.39, 0.29) is 29.9 Å². The lowest BCUT2D eigenvalue weighted by Gasteiger charge is -2.09. The summed E-state index contributed by atoms with van der Waals surface area (Å²) in [5, 5.41) is 0.512. The number of aromatic nitrogens is 3. The summed E-state index contributed by atoms with van der Waals surface area (Å²) in [6.07, 6.45) is 0.187. The summed E-state index contributed by atoms with van der Waals surface area (Å²) in [5.41, 5.74) is 2.29. The van der Waals surface area contributed by atoms with Crippen LogP contribution in [0.15, 0.2) is 29.1 Å². The summed E-state index contributed by atoms with van der Waals surface area (Å²) in [4.78, 5) is 56.0. The van der Waals surface area contributed by atoms with Gasteiger partial charge in [-0.05, 0) is 38.5 Å². The molecule has 0 aliphatic rings. The molecule has 156 valence electrons. The van der Waals surface area contributed by atoms with Crippen LogP contribution in [0.2, 0.25) is 0 Å². The minimum atomic E-state index is -0.571. The van der Waals surface area contributed by atoms with Gasteiger partial charge in [0, 0.05) is 24.7 Å². The van der Waals surface area contributed by atoms with Crippen molar-refractivity contribution >= 4 is 28.4 Å². The standard InChI is InChI=1S/C22H23N3O5/c1-12-20(14(3)26)13(2)23-21(12)17(27)11-30-19(28)10-9-18-24-16-8-6-5-7-15(16)22(29)25(18)4/h5-8,23H,9-11H2,1-4H3. The number of rotatable bonds is 7. The molecule has 1 N–H and O–H groups in total. The van der Waals surface area contributed by atoms with Gasteiger partial charge in [-0.2, -0.15) is 0 Å². The number of carbonyl (C=O) groups is 3. The minimum Gasteiger partial charge on any atom is -0.457 e. The van der Waals surface area contributed by atoms with E-state index in [1.54, 1.807) is 45.2 Å². The fourth-order valence-corrected chi connectivity index (χ4v) is 3.55. The highest BCUT2D eigenvalue weighted by atomic mass is 16.5. The molecule has 2 aromatic heterocycles. The summed E-state index contributed by atoms with van der Waals surface area (Å²) in [7, 11) is 1.61. The number of hydrogen-bond donors (Lipinski definition) is 1. The second kappa shape index (κ2) is 8.44. The van der Waals surface area contributed by atoms with Crippen LogP contribution in [-0.2, 0) is 23.0 Å². The fraction of sp³-hybridized carbons (Fsp3) is 0.318. The van der Waals surface area contributed by atoms with E-state index in [9.17, 15) is 19.2 Å². The molecule has 0 unspecified atom stereocenters. The summed E-state index contributed by atoms with van der Waals surface area (Å²) in [5.74, 6) is -0.652. The zero-order valence-corrected chi connectivity index (χ0v) is 17.4. The van der Waals surface area contributed by atoms with Gasteiger partial charge in [-0.25, -0.2) is 4.98 Å². The number of esters is 1. The van der Waals surface area contributed by atoms with Crippen LogP contribution >= 0.6 is 0 Å². The first-order valence-corrected chi connectivity index (χ1v) is 9.54. The SMILES string of the molecule is CC(=O)c1c(C)[nH]c(C(=O)COC(=O)CCc2nc3ccccc3c(=O)n2C)c1C. The van der Waals surface area contributed by atoms with Crippen LogP contribution in [0.4, 0.5) is 0 Å². The van der Waals surface area contributed by atoms with Crippen molar-refractivity contribution in [3.63, 3.8) is 0 Å². The number of ether oxygens (including phenoxy) is 1. The average Bonchev–Trinajstić information content (AvgIpc) is 3.02. The van der Waals surface area contributed by atoms with Gasteiger partial charge in [0.05, 0.1) is 23.0 Å². The van der Waals surface area contributed by atoms with Gasteiger partial charge in [0.15, 0.2) is 12.4 Å². The van der Waals surface area contributed by atoms with Gasteiger partial charge in [-0.1, -0.05) is 12.1 Å². The van der Waals surface area contributed by atoms with E-state index < -0.39 is 18.4 Å². The number of benzene rings is 1. The van der Waals surface area contributed by atoms with Crippen LogP contribution in [0, 0.1) is 13.8 Å². The molecule has 2 heterocycles. The van der Waals surface area contributed by atoms with E-state index >= 15 is 0 Å². The Hall–Kier alpha value is -3.55. The molecule has 3 rings (SSSR count). The van der Waals surface area contributed by atoms with Crippen molar-refractivity contribution in [1.82, 2.24) is 14.5 Å². The highest BCUT2D eigenvalue weighted by Gasteiger charge is 2.21. The van der Waals surface area contributed by atoms with Crippen LogP contribution in [-0.4, -0.2) is 38.7 Å². The van der Waals surface area contributed by atoms with E-state index in [0.717, 1.165) is 0 Å². The van der Waals surface area contributed by atoms with Crippen molar-refractivity contribution < 1.29 is 19.1 Å². The Labute approximate surface area is 172 Å². The molecule has 0 atom stereocenters. The zero-order chi connectivity index (χ0) is 22.0. The van der Waals surface area contributed by atoms with Gasteiger partial charge in [0.25, 0.3) is 5.56 Å². The van der Waals surface area contributed by atoms with Crippen molar-refractivity contribution in [3.8, 4) is 0 Å². The van der Waals surface area contributed by atoms with Crippen molar-refractivity contribution in [2.24, 2.45) is 7.05 Å². The summed E-state index contributed by atoms with van der Waals surface area (Å²) < 4.78 is 6.51. The third-order valence-corrected chi connectivity index (χ3v) is 5.06. The van der Waals surface area contributed by atoms with Crippen LogP contribution in [0.25, 0.3) is 10.9 Å². The summed E-state index contributed by atoms with van der Waals surface area (Å²) in [6.45, 7) is 4.40. The summed E-state index contributed by atoms with van der Waals surface area (Å²) in [6, 6.07) is 7.01. The number of para-hydroxylation sites is 1. The number of hydrogen-bond acceptors (Lipinski definition) is 6. The Morgan fingerprint density at radius 2 is 1.87 bits per heavy atom. The predicted molar refractivity (Wildman–Crippen MR) is 111 cm³/mol. The number of carbonyl (C=O) groups excluding carboxylic acids is 3. The first-order chi connectivity index (χ1) is 14.2. The van der Waals surface area contributed by atoms with Gasteiger partial charge >= 0.3 is 5.97 Å². The number of ketones is 2. The number of nitrogens with one attached hydrogen (secondary N) is 1. The second-order valence-corrected chi connectivity index (χ2v) is 7.17. The second-order valence-electron chi connectivity index (χ2n) is 7.17. The Morgan fingerprint density at radius 3 is 2.53 bits per heavy atom. The quantitative estimate of drug-likeness (QED) is 0.474. The van der Waals surface area contributed by atoms with E-state index in [0.29, 0.717) is 33.5 Å². The molecule has 3 aromatic rings. The molecule has 0 amide bonds. The molecule has 0 radical (unpaired) electrons. The molecule has 8 nitrogen and oxygen atoms in total. The molecule has 0 saturated heterocycles. The highest BCUT2D eigenvalue weighted by molar-refractivity contribution is 6.04. The number of H-pyrrole nitrogens is 1. The molecule has 0 aliphatic carbocycles. The topological polar surface area (TPSA) is 111 Å². The first-order valence-electron chi connectivity index (χ1n) is 9.54. The molecule has 0 fully saturated rings. The first kappa shape index (κ1) is 21.2. The maximum Gasteiger partial charge on any atom is 0.306 e. The number of aryl methyl sites for hydroxylation is 2. The largest absolute Gasteiger partial charge is 0.457 e. The molecule has 30 heavy (non-hydrogen) atoms. The lowest BCUT2D eigenvalue weighted by atomic mass is 10.1. The van der Waals surface area contributed by atoms with Gasteiger partial charge in [-0.15, -0.1) is 0 Å². The van der Waals surface area contributed by atoms with Crippen molar-refractivity contribution in [2.75, 3.05) is 6.61 Å². The molecule has 0 saturated carbocycles. The van der Waals surface area contributed by atoms with Gasteiger partial charge in [0.2, 0.25) is 5.78 Å². The molecular weight excluding hydrogens is 386 g/mol. The normalized spacial score (nSPS) is 10.9. The van der Waals surface area contributed by atoms with E-state index in [1.165, 1.54) is 11.5 Å². The number of fused-ring (bicyclic) bond motifs is 1. The van der Waals surface area contributed by atoms with Gasteiger partial charge in [-0.3, -0.25) is 23.7 Å². The maximum atomic E-state index is 12.4. The molecule has 8 heteroatoms. The van der Waals surface area contributed by atoms with Crippen LogP contribution < -0.4 is 5.56 Å². The smallest absolute Gasteiger partial charge is 0.306 e. The van der Waals surface area contributed by atoms with Crippen molar-refractivity contribution in [3.05, 3.63) is 63.0 Å².